The second-order valence-corrected chi connectivity index (χ2v) is 4.65. The van der Waals surface area contributed by atoms with Crippen LogP contribution in [0.15, 0.2) is 18.3 Å². The first-order chi connectivity index (χ1) is 8.29. The van der Waals surface area contributed by atoms with Gasteiger partial charge in [0.05, 0.1) is 0 Å². The number of hydrogen-bond donors (Lipinski definition) is 2. The van der Waals surface area contributed by atoms with Crippen LogP contribution < -0.4 is 10.6 Å². The first-order valence-corrected chi connectivity index (χ1v) is 6.41. The highest BCUT2D eigenvalue weighted by Crippen LogP contribution is 2.14. The van der Waals surface area contributed by atoms with Gasteiger partial charge in [0.2, 0.25) is 0 Å². The Bertz CT molecular complexity index is 347. The highest BCUT2D eigenvalue weighted by Gasteiger charge is 2.17. The first kappa shape index (κ1) is 12.2. The molecule has 2 N–H and O–H groups in total. The zero-order valence-electron chi connectivity index (χ0n) is 10.7. The number of aromatic nitrogens is 1. The lowest BCUT2D eigenvalue weighted by atomic mass is 10.3. The number of hydrogen-bond acceptors (Lipinski definition) is 4. The van der Waals surface area contributed by atoms with Crippen LogP contribution in [0.4, 0.5) is 11.5 Å². The summed E-state index contributed by atoms with van der Waals surface area (Å²) in [7, 11) is 1.89. The second-order valence-electron chi connectivity index (χ2n) is 4.65. The van der Waals surface area contributed by atoms with Crippen LogP contribution in [0.3, 0.4) is 0 Å². The Morgan fingerprint density at radius 3 is 2.88 bits per heavy atom. The minimum absolute atomic E-state index is 0.601. The quantitative estimate of drug-likeness (QED) is 0.817. The third-order valence-corrected chi connectivity index (χ3v) is 3.38. The molecule has 0 spiro atoms. The molecule has 0 aliphatic carbocycles. The molecule has 1 aliphatic rings. The molecule has 1 aromatic heterocycles. The van der Waals surface area contributed by atoms with Crippen molar-refractivity contribution in [2.45, 2.75) is 25.8 Å². The van der Waals surface area contributed by atoms with Crippen LogP contribution in [-0.2, 0) is 0 Å². The monoisotopic (exact) mass is 234 g/mol. The van der Waals surface area contributed by atoms with E-state index in [2.05, 4.69) is 27.4 Å². The maximum atomic E-state index is 4.20. The Labute approximate surface area is 103 Å². The lowest BCUT2D eigenvalue weighted by Crippen LogP contribution is -2.35. The van der Waals surface area contributed by atoms with Gasteiger partial charge in [0.15, 0.2) is 0 Å². The summed E-state index contributed by atoms with van der Waals surface area (Å²) in [6, 6.07) is 4.65. The Balaban J connectivity index is 1.83. The maximum Gasteiger partial charge on any atom is 0.127 e. The van der Waals surface area contributed by atoms with Gasteiger partial charge >= 0.3 is 0 Å². The van der Waals surface area contributed by atoms with Crippen molar-refractivity contribution in [3.8, 4) is 0 Å². The molecule has 17 heavy (non-hydrogen) atoms. The van der Waals surface area contributed by atoms with Crippen molar-refractivity contribution in [3.05, 3.63) is 18.3 Å². The van der Waals surface area contributed by atoms with Crippen molar-refractivity contribution in [2.24, 2.45) is 0 Å². The Morgan fingerprint density at radius 2 is 2.18 bits per heavy atom. The molecule has 0 radical (unpaired) electrons. The minimum atomic E-state index is 0.601. The van der Waals surface area contributed by atoms with Gasteiger partial charge in [-0.2, -0.15) is 0 Å². The van der Waals surface area contributed by atoms with Crippen molar-refractivity contribution < 1.29 is 0 Å². The molecule has 1 fully saturated rings. The van der Waals surface area contributed by atoms with Gasteiger partial charge in [-0.15, -0.1) is 0 Å². The van der Waals surface area contributed by atoms with E-state index in [9.17, 15) is 0 Å². The van der Waals surface area contributed by atoms with Crippen molar-refractivity contribution >= 4 is 11.5 Å². The molecule has 1 atom stereocenters. The number of nitrogens with zero attached hydrogens (tertiary/aromatic N) is 2. The van der Waals surface area contributed by atoms with E-state index in [1.165, 1.54) is 25.9 Å². The van der Waals surface area contributed by atoms with Crippen LogP contribution in [0, 0.1) is 0 Å². The van der Waals surface area contributed by atoms with E-state index in [1.807, 2.05) is 25.4 Å². The highest BCUT2D eigenvalue weighted by atomic mass is 15.2. The molecule has 0 aromatic carbocycles. The summed E-state index contributed by atoms with van der Waals surface area (Å²) in [6.07, 6.45) is 4.53. The fraction of sp³-hybridized carbons (Fsp3) is 0.615. The van der Waals surface area contributed by atoms with Gasteiger partial charge in [0.25, 0.3) is 0 Å². The predicted molar refractivity (Wildman–Crippen MR) is 72.5 cm³/mol. The summed E-state index contributed by atoms with van der Waals surface area (Å²) in [5.74, 6) is 0.906. The van der Waals surface area contributed by atoms with Gasteiger partial charge in [-0.05, 0) is 38.9 Å². The predicted octanol–water partition coefficient (Wildman–Crippen LogP) is 2.02. The molecule has 1 saturated heterocycles. The Morgan fingerprint density at radius 1 is 1.41 bits per heavy atom. The fourth-order valence-corrected chi connectivity index (χ4v) is 2.25. The third-order valence-electron chi connectivity index (χ3n) is 3.38. The molecule has 4 heteroatoms. The minimum Gasteiger partial charge on any atom is -0.383 e. The summed E-state index contributed by atoms with van der Waals surface area (Å²) in [5, 5.41) is 6.52. The normalized spacial score (nSPS) is 18.0. The number of likely N-dealkylation sites (tertiary alicyclic amines) is 1. The molecule has 0 amide bonds. The van der Waals surface area contributed by atoms with Gasteiger partial charge in [-0.1, -0.05) is 0 Å². The van der Waals surface area contributed by atoms with Gasteiger partial charge in [0, 0.05) is 37.6 Å². The molecular formula is C13H22N4. The SMILES string of the molecule is CNc1cc(NCC(C)N2CCCC2)ccn1. The maximum absolute atomic E-state index is 4.20. The van der Waals surface area contributed by atoms with Gasteiger partial charge in [-0.25, -0.2) is 4.98 Å². The van der Waals surface area contributed by atoms with E-state index >= 15 is 0 Å². The number of anilines is 2. The van der Waals surface area contributed by atoms with Crippen LogP contribution >= 0.6 is 0 Å². The van der Waals surface area contributed by atoms with Crippen LogP contribution in [0.25, 0.3) is 0 Å². The molecule has 0 saturated carbocycles. The molecule has 94 valence electrons. The topological polar surface area (TPSA) is 40.2 Å². The van der Waals surface area contributed by atoms with E-state index in [4.69, 9.17) is 0 Å². The van der Waals surface area contributed by atoms with Crippen molar-refractivity contribution in [3.63, 3.8) is 0 Å². The third kappa shape index (κ3) is 3.33. The number of rotatable bonds is 5. The molecule has 2 heterocycles. The van der Waals surface area contributed by atoms with Crippen molar-refractivity contribution in [2.75, 3.05) is 37.3 Å². The van der Waals surface area contributed by atoms with Gasteiger partial charge < -0.3 is 10.6 Å². The van der Waals surface area contributed by atoms with Crippen molar-refractivity contribution in [1.82, 2.24) is 9.88 Å². The summed E-state index contributed by atoms with van der Waals surface area (Å²) in [4.78, 5) is 6.75. The standard InChI is InChI=1S/C13H22N4/c1-11(17-7-3-4-8-17)10-16-12-5-6-15-13(9-12)14-2/h5-6,9,11H,3-4,7-8,10H2,1-2H3,(H2,14,15,16). The zero-order valence-corrected chi connectivity index (χ0v) is 10.7. The van der Waals surface area contributed by atoms with E-state index in [0.29, 0.717) is 6.04 Å². The van der Waals surface area contributed by atoms with Gasteiger partial charge in [-0.3, -0.25) is 4.90 Å². The van der Waals surface area contributed by atoms with Crippen LogP contribution in [0.2, 0.25) is 0 Å². The summed E-state index contributed by atoms with van der Waals surface area (Å²) < 4.78 is 0. The van der Waals surface area contributed by atoms with E-state index in [0.717, 1.165) is 18.1 Å². The molecule has 4 nitrogen and oxygen atoms in total. The Hall–Kier alpha value is -1.29. The van der Waals surface area contributed by atoms with Crippen LogP contribution in [0.1, 0.15) is 19.8 Å². The first-order valence-electron chi connectivity index (χ1n) is 6.41. The second kappa shape index (κ2) is 5.87. The molecular weight excluding hydrogens is 212 g/mol. The average molecular weight is 234 g/mol. The van der Waals surface area contributed by atoms with Crippen LogP contribution in [0.5, 0.6) is 0 Å². The summed E-state index contributed by atoms with van der Waals surface area (Å²) >= 11 is 0. The summed E-state index contributed by atoms with van der Waals surface area (Å²) in [5.41, 5.74) is 1.13. The molecule has 1 unspecified atom stereocenters. The lowest BCUT2D eigenvalue weighted by molar-refractivity contribution is 0.269. The smallest absolute Gasteiger partial charge is 0.127 e. The molecule has 1 aromatic rings. The number of pyridine rings is 1. The number of nitrogens with one attached hydrogen (secondary N) is 2. The zero-order chi connectivity index (χ0) is 12.1. The summed E-state index contributed by atoms with van der Waals surface area (Å²) in [6.45, 7) is 5.79. The van der Waals surface area contributed by atoms with E-state index < -0.39 is 0 Å². The van der Waals surface area contributed by atoms with E-state index in [-0.39, 0.29) is 0 Å². The van der Waals surface area contributed by atoms with Crippen LogP contribution in [-0.4, -0.2) is 42.6 Å². The van der Waals surface area contributed by atoms with E-state index in [1.54, 1.807) is 0 Å². The fourth-order valence-electron chi connectivity index (χ4n) is 2.25. The molecule has 1 aliphatic heterocycles. The Kier molecular flexibility index (Phi) is 4.20. The van der Waals surface area contributed by atoms with Gasteiger partial charge in [0.1, 0.15) is 5.82 Å². The molecule has 0 bridgehead atoms. The largest absolute Gasteiger partial charge is 0.383 e. The average Bonchev–Trinajstić information content (AvgIpc) is 2.90. The lowest BCUT2D eigenvalue weighted by Gasteiger charge is -2.24. The highest BCUT2D eigenvalue weighted by molar-refractivity contribution is 5.51. The molecule has 2 rings (SSSR count). The van der Waals surface area contributed by atoms with Crippen molar-refractivity contribution in [1.29, 1.82) is 0 Å².